The Bertz CT molecular complexity index is 346. The normalized spacial score (nSPS) is 13.0. The van der Waals surface area contributed by atoms with Gasteiger partial charge in [0.15, 0.2) is 0 Å². The first kappa shape index (κ1) is 12.8. The molecule has 1 N–H and O–H groups in total. The average molecular weight is 225 g/mol. The minimum Gasteiger partial charge on any atom is -0.475 e. The second-order valence-corrected chi connectivity index (χ2v) is 3.81. The lowest BCUT2D eigenvalue weighted by Crippen LogP contribution is -2.27. The molecular weight excluding hydrogens is 206 g/mol. The van der Waals surface area contributed by atoms with E-state index in [0.717, 1.165) is 19.5 Å². The molecule has 0 saturated carbocycles. The Kier molecular flexibility index (Phi) is 4.55. The van der Waals surface area contributed by atoms with Gasteiger partial charge in [0.25, 0.3) is 0 Å². The maximum absolute atomic E-state index is 10.7. The maximum atomic E-state index is 10.7. The molecule has 1 aromatic rings. The van der Waals surface area contributed by atoms with Crippen molar-refractivity contribution in [1.29, 1.82) is 0 Å². The van der Waals surface area contributed by atoms with Crippen LogP contribution < -0.4 is 0 Å². The number of aromatic carboxylic acids is 1. The van der Waals surface area contributed by atoms with Gasteiger partial charge in [-0.15, -0.1) is 0 Å². The number of carboxylic acids is 1. The van der Waals surface area contributed by atoms with Crippen LogP contribution in [0.25, 0.3) is 0 Å². The molecule has 0 bridgehead atoms. The molecule has 4 heteroatoms. The summed E-state index contributed by atoms with van der Waals surface area (Å²) < 4.78 is 5.29. The van der Waals surface area contributed by atoms with Crippen molar-refractivity contribution in [3.63, 3.8) is 0 Å². The summed E-state index contributed by atoms with van der Waals surface area (Å²) in [5, 5.41) is 8.77. The highest BCUT2D eigenvalue weighted by Crippen LogP contribution is 2.22. The Morgan fingerprint density at radius 1 is 1.50 bits per heavy atom. The summed E-state index contributed by atoms with van der Waals surface area (Å²) in [6.45, 7) is 8.16. The largest absolute Gasteiger partial charge is 0.475 e. The molecule has 4 nitrogen and oxygen atoms in total. The first-order valence-electron chi connectivity index (χ1n) is 5.67. The summed E-state index contributed by atoms with van der Waals surface area (Å²) in [5.41, 5.74) is 0. The fraction of sp³-hybridized carbons (Fsp3) is 0.583. The fourth-order valence-electron chi connectivity index (χ4n) is 1.79. The number of nitrogens with zero attached hydrogens (tertiary/aromatic N) is 1. The first-order valence-corrected chi connectivity index (χ1v) is 5.67. The zero-order valence-corrected chi connectivity index (χ0v) is 10.1. The topological polar surface area (TPSA) is 53.7 Å². The third-order valence-electron chi connectivity index (χ3n) is 2.71. The van der Waals surface area contributed by atoms with E-state index in [4.69, 9.17) is 9.52 Å². The molecule has 0 aliphatic carbocycles. The number of carboxylic acid groups (broad SMARTS) is 1. The maximum Gasteiger partial charge on any atom is 0.371 e. The zero-order chi connectivity index (χ0) is 12.1. The van der Waals surface area contributed by atoms with Crippen molar-refractivity contribution in [2.45, 2.75) is 33.2 Å². The molecule has 90 valence electrons. The summed E-state index contributed by atoms with van der Waals surface area (Å²) in [6, 6.07) is 3.37. The van der Waals surface area contributed by atoms with Crippen LogP contribution in [0.15, 0.2) is 16.5 Å². The predicted molar refractivity (Wildman–Crippen MR) is 61.6 cm³/mol. The van der Waals surface area contributed by atoms with E-state index in [1.807, 2.05) is 6.92 Å². The highest BCUT2D eigenvalue weighted by Gasteiger charge is 2.18. The minimum absolute atomic E-state index is 0.00871. The lowest BCUT2D eigenvalue weighted by atomic mass is 10.2. The second kappa shape index (κ2) is 5.70. The van der Waals surface area contributed by atoms with Gasteiger partial charge in [-0.05, 0) is 38.6 Å². The molecule has 0 saturated heterocycles. The number of rotatable bonds is 6. The molecule has 1 rings (SSSR count). The van der Waals surface area contributed by atoms with E-state index in [-0.39, 0.29) is 11.8 Å². The predicted octanol–water partition coefficient (Wildman–Crippen LogP) is 2.77. The number of carbonyl (C=O) groups is 1. The molecule has 1 unspecified atom stereocenters. The van der Waals surface area contributed by atoms with Crippen LogP contribution in [0.1, 0.15) is 49.5 Å². The van der Waals surface area contributed by atoms with E-state index in [1.165, 1.54) is 6.07 Å². The molecular formula is C12H19NO3. The number of hydrogen-bond acceptors (Lipinski definition) is 3. The van der Waals surface area contributed by atoms with Crippen LogP contribution in [0.2, 0.25) is 0 Å². The quantitative estimate of drug-likeness (QED) is 0.808. The molecule has 0 amide bonds. The van der Waals surface area contributed by atoms with Gasteiger partial charge in [0, 0.05) is 0 Å². The van der Waals surface area contributed by atoms with Crippen molar-refractivity contribution < 1.29 is 14.3 Å². The third-order valence-corrected chi connectivity index (χ3v) is 2.71. The molecule has 0 radical (unpaired) electrons. The monoisotopic (exact) mass is 225 g/mol. The summed E-state index contributed by atoms with van der Waals surface area (Å²) in [4.78, 5) is 12.9. The molecule has 0 aromatic carbocycles. The van der Waals surface area contributed by atoms with Gasteiger partial charge in [0.2, 0.25) is 5.76 Å². The van der Waals surface area contributed by atoms with Gasteiger partial charge < -0.3 is 9.52 Å². The van der Waals surface area contributed by atoms with Gasteiger partial charge in [-0.2, -0.15) is 0 Å². The molecule has 1 atom stereocenters. The molecule has 0 spiro atoms. The van der Waals surface area contributed by atoms with Crippen LogP contribution in [-0.2, 0) is 0 Å². The smallest absolute Gasteiger partial charge is 0.371 e. The van der Waals surface area contributed by atoms with E-state index in [9.17, 15) is 4.79 Å². The minimum atomic E-state index is -1.02. The van der Waals surface area contributed by atoms with Gasteiger partial charge in [-0.1, -0.05) is 13.8 Å². The van der Waals surface area contributed by atoms with Gasteiger partial charge >= 0.3 is 5.97 Å². The Labute approximate surface area is 95.9 Å². The van der Waals surface area contributed by atoms with Crippen LogP contribution in [0, 0.1) is 0 Å². The van der Waals surface area contributed by atoms with Gasteiger partial charge in [0.05, 0.1) is 6.04 Å². The van der Waals surface area contributed by atoms with E-state index in [0.29, 0.717) is 5.76 Å². The molecule has 0 fully saturated rings. The van der Waals surface area contributed by atoms with Crippen molar-refractivity contribution in [3.8, 4) is 0 Å². The molecule has 0 aliphatic rings. The van der Waals surface area contributed by atoms with Crippen molar-refractivity contribution in [2.75, 3.05) is 13.1 Å². The number of furan rings is 1. The Morgan fingerprint density at radius 2 is 2.19 bits per heavy atom. The highest BCUT2D eigenvalue weighted by molar-refractivity contribution is 5.84. The summed E-state index contributed by atoms with van der Waals surface area (Å²) >= 11 is 0. The van der Waals surface area contributed by atoms with E-state index < -0.39 is 5.97 Å². The highest BCUT2D eigenvalue weighted by atomic mass is 16.4. The van der Waals surface area contributed by atoms with Crippen LogP contribution in [0.4, 0.5) is 0 Å². The van der Waals surface area contributed by atoms with Crippen molar-refractivity contribution in [3.05, 3.63) is 23.7 Å². The van der Waals surface area contributed by atoms with Crippen LogP contribution in [0.5, 0.6) is 0 Å². The van der Waals surface area contributed by atoms with Crippen molar-refractivity contribution in [2.24, 2.45) is 0 Å². The Morgan fingerprint density at radius 3 is 2.62 bits per heavy atom. The van der Waals surface area contributed by atoms with Gasteiger partial charge in [-0.3, -0.25) is 4.90 Å². The molecule has 16 heavy (non-hydrogen) atoms. The van der Waals surface area contributed by atoms with Crippen LogP contribution in [-0.4, -0.2) is 29.1 Å². The molecule has 0 aliphatic heterocycles. The SMILES string of the molecule is CCCN(CC)C(C)c1ccc(C(=O)O)o1. The third kappa shape index (κ3) is 2.85. The molecule has 1 heterocycles. The number of hydrogen-bond donors (Lipinski definition) is 1. The van der Waals surface area contributed by atoms with Crippen LogP contribution >= 0.6 is 0 Å². The average Bonchev–Trinajstić information content (AvgIpc) is 2.74. The van der Waals surface area contributed by atoms with Crippen molar-refractivity contribution in [1.82, 2.24) is 4.90 Å². The van der Waals surface area contributed by atoms with E-state index in [2.05, 4.69) is 18.7 Å². The van der Waals surface area contributed by atoms with E-state index >= 15 is 0 Å². The fourth-order valence-corrected chi connectivity index (χ4v) is 1.79. The summed E-state index contributed by atoms with van der Waals surface area (Å²) in [7, 11) is 0. The Hall–Kier alpha value is -1.29. The van der Waals surface area contributed by atoms with Crippen LogP contribution in [0.3, 0.4) is 0 Å². The summed E-state index contributed by atoms with van der Waals surface area (Å²) in [5.74, 6) is -0.293. The standard InChI is InChI=1S/C12H19NO3/c1-4-8-13(5-2)9(3)10-6-7-11(16-10)12(14)15/h6-7,9H,4-5,8H2,1-3H3,(H,14,15). The van der Waals surface area contributed by atoms with Gasteiger partial charge in [0.1, 0.15) is 5.76 Å². The summed E-state index contributed by atoms with van der Waals surface area (Å²) in [6.07, 6.45) is 1.07. The lowest BCUT2D eigenvalue weighted by Gasteiger charge is -2.25. The molecule has 1 aromatic heterocycles. The zero-order valence-electron chi connectivity index (χ0n) is 10.1. The van der Waals surface area contributed by atoms with E-state index in [1.54, 1.807) is 6.07 Å². The Balaban J connectivity index is 2.77. The first-order chi connectivity index (χ1) is 7.60. The van der Waals surface area contributed by atoms with Crippen molar-refractivity contribution >= 4 is 5.97 Å². The lowest BCUT2D eigenvalue weighted by molar-refractivity contribution is 0.0656. The van der Waals surface area contributed by atoms with Gasteiger partial charge in [-0.25, -0.2) is 4.79 Å². The second-order valence-electron chi connectivity index (χ2n) is 3.81.